The van der Waals surface area contributed by atoms with Crippen LogP contribution in [0.5, 0.6) is 0 Å². The summed E-state index contributed by atoms with van der Waals surface area (Å²) in [5.74, 6) is 0.638. The Kier molecular flexibility index (Phi) is 3.62. The number of hydrogen-bond acceptors (Lipinski definition) is 3. The zero-order chi connectivity index (χ0) is 14.3. The van der Waals surface area contributed by atoms with Gasteiger partial charge in [-0.1, -0.05) is 12.8 Å². The van der Waals surface area contributed by atoms with E-state index in [1.807, 2.05) is 11.7 Å². The first-order valence-corrected chi connectivity index (χ1v) is 9.29. The molecule has 1 aromatic heterocycles. The largest absolute Gasteiger partial charge is 0.272 e. The van der Waals surface area contributed by atoms with Crippen molar-refractivity contribution in [2.45, 2.75) is 57.0 Å². The van der Waals surface area contributed by atoms with E-state index in [0.29, 0.717) is 12.5 Å². The van der Waals surface area contributed by atoms with Gasteiger partial charge < -0.3 is 0 Å². The van der Waals surface area contributed by atoms with E-state index < -0.39 is 10.0 Å². The number of nitrogens with zero attached hydrogens (tertiary/aromatic N) is 3. The number of aryl methyl sites for hydroxylation is 1. The summed E-state index contributed by atoms with van der Waals surface area (Å²) in [4.78, 5) is 0. The molecule has 0 aliphatic heterocycles. The molecule has 112 valence electrons. The Hall–Kier alpha value is -0.880. The average molecular weight is 297 g/mol. The van der Waals surface area contributed by atoms with Crippen LogP contribution in [-0.2, 0) is 23.6 Å². The normalized spacial score (nSPS) is 20.9. The molecule has 2 saturated carbocycles. The van der Waals surface area contributed by atoms with Crippen LogP contribution >= 0.6 is 0 Å². The molecular formula is C14H23N3O2S. The molecule has 2 aliphatic carbocycles. The first-order valence-electron chi connectivity index (χ1n) is 7.45. The first-order chi connectivity index (χ1) is 9.45. The predicted molar refractivity (Wildman–Crippen MR) is 77.8 cm³/mol. The van der Waals surface area contributed by atoms with E-state index in [0.717, 1.165) is 31.4 Å². The molecule has 1 aromatic rings. The third-order valence-corrected chi connectivity index (χ3v) is 5.72. The summed E-state index contributed by atoms with van der Waals surface area (Å²) in [6.07, 6.45) is 8.01. The van der Waals surface area contributed by atoms with E-state index in [1.165, 1.54) is 24.8 Å². The molecule has 0 N–H and O–H groups in total. The molecule has 20 heavy (non-hydrogen) atoms. The maximum absolute atomic E-state index is 12.1. The second-order valence-corrected chi connectivity index (χ2v) is 8.14. The zero-order valence-corrected chi connectivity index (χ0v) is 13.1. The van der Waals surface area contributed by atoms with Crippen LogP contribution < -0.4 is 0 Å². The molecule has 5 nitrogen and oxygen atoms in total. The average Bonchev–Trinajstić information content (AvgIpc) is 2.92. The second-order valence-electron chi connectivity index (χ2n) is 6.20. The molecule has 3 rings (SSSR count). The van der Waals surface area contributed by atoms with Gasteiger partial charge in [0, 0.05) is 24.7 Å². The summed E-state index contributed by atoms with van der Waals surface area (Å²) in [6, 6.07) is 2.25. The van der Waals surface area contributed by atoms with Crippen molar-refractivity contribution in [1.82, 2.24) is 14.1 Å². The maximum atomic E-state index is 12.1. The standard InChI is InChI=1S/C14H23N3O2S/c1-16-14(11-7-8-11)9-12(15-16)10-17(20(2,18)19)13-5-3-4-6-13/h9,11,13H,3-8,10H2,1-2H3. The van der Waals surface area contributed by atoms with Crippen molar-refractivity contribution < 1.29 is 8.42 Å². The van der Waals surface area contributed by atoms with Crippen molar-refractivity contribution in [2.24, 2.45) is 7.05 Å². The summed E-state index contributed by atoms with van der Waals surface area (Å²) in [5.41, 5.74) is 2.13. The Labute approximate surface area is 121 Å². The van der Waals surface area contributed by atoms with Gasteiger partial charge in [-0.05, 0) is 31.7 Å². The van der Waals surface area contributed by atoms with Crippen molar-refractivity contribution in [1.29, 1.82) is 0 Å². The first kappa shape index (κ1) is 14.1. The van der Waals surface area contributed by atoms with E-state index in [1.54, 1.807) is 4.31 Å². The lowest BCUT2D eigenvalue weighted by Crippen LogP contribution is -2.37. The molecule has 0 aromatic carbocycles. The molecule has 6 heteroatoms. The number of hydrogen-bond donors (Lipinski definition) is 0. The monoisotopic (exact) mass is 297 g/mol. The quantitative estimate of drug-likeness (QED) is 0.835. The fraction of sp³-hybridized carbons (Fsp3) is 0.786. The molecule has 1 heterocycles. The highest BCUT2D eigenvalue weighted by Gasteiger charge is 2.31. The lowest BCUT2D eigenvalue weighted by molar-refractivity contribution is 0.314. The van der Waals surface area contributed by atoms with Crippen molar-refractivity contribution in [3.05, 3.63) is 17.5 Å². The molecule has 2 aliphatic rings. The van der Waals surface area contributed by atoms with Gasteiger partial charge in [0.1, 0.15) is 0 Å². The van der Waals surface area contributed by atoms with Gasteiger partial charge in [0.15, 0.2) is 0 Å². The predicted octanol–water partition coefficient (Wildman–Crippen LogP) is 2.00. The van der Waals surface area contributed by atoms with Crippen LogP contribution in [0.25, 0.3) is 0 Å². The Balaban J connectivity index is 1.80. The van der Waals surface area contributed by atoms with Gasteiger partial charge in [-0.2, -0.15) is 9.40 Å². The van der Waals surface area contributed by atoms with Crippen LogP contribution in [0.4, 0.5) is 0 Å². The van der Waals surface area contributed by atoms with Gasteiger partial charge in [-0.3, -0.25) is 4.68 Å². The molecule has 0 amide bonds. The fourth-order valence-corrected chi connectivity index (χ4v) is 4.37. The fourth-order valence-electron chi connectivity index (χ4n) is 3.25. The summed E-state index contributed by atoms with van der Waals surface area (Å²) in [6.45, 7) is 0.421. The molecule has 0 spiro atoms. The lowest BCUT2D eigenvalue weighted by atomic mass is 10.2. The van der Waals surface area contributed by atoms with E-state index in [9.17, 15) is 8.42 Å². The number of aromatic nitrogens is 2. The highest BCUT2D eigenvalue weighted by atomic mass is 32.2. The van der Waals surface area contributed by atoms with E-state index in [4.69, 9.17) is 0 Å². The second kappa shape index (κ2) is 5.15. The van der Waals surface area contributed by atoms with Gasteiger partial charge in [0.2, 0.25) is 10.0 Å². The van der Waals surface area contributed by atoms with Crippen molar-refractivity contribution >= 4 is 10.0 Å². The number of sulfonamides is 1. The molecule has 0 saturated heterocycles. The van der Waals surface area contributed by atoms with Crippen molar-refractivity contribution in [3.63, 3.8) is 0 Å². The third-order valence-electron chi connectivity index (χ3n) is 4.44. The van der Waals surface area contributed by atoms with Crippen LogP contribution in [0, 0.1) is 0 Å². The molecule has 2 fully saturated rings. The Morgan fingerprint density at radius 3 is 2.50 bits per heavy atom. The zero-order valence-electron chi connectivity index (χ0n) is 12.2. The van der Waals surface area contributed by atoms with Crippen molar-refractivity contribution in [2.75, 3.05) is 6.26 Å². The highest BCUT2D eigenvalue weighted by molar-refractivity contribution is 7.88. The summed E-state index contributed by atoms with van der Waals surface area (Å²) in [5, 5.41) is 4.51. The molecule has 0 unspecified atom stereocenters. The van der Waals surface area contributed by atoms with Gasteiger partial charge in [0.25, 0.3) is 0 Å². The van der Waals surface area contributed by atoms with Gasteiger partial charge >= 0.3 is 0 Å². The SMILES string of the molecule is Cn1nc(CN(C2CCCC2)S(C)(=O)=O)cc1C1CC1. The van der Waals surface area contributed by atoms with Crippen molar-refractivity contribution in [3.8, 4) is 0 Å². The number of rotatable bonds is 5. The summed E-state index contributed by atoms with van der Waals surface area (Å²) in [7, 11) is -1.21. The van der Waals surface area contributed by atoms with Gasteiger partial charge in [-0.15, -0.1) is 0 Å². The smallest absolute Gasteiger partial charge is 0.211 e. The maximum Gasteiger partial charge on any atom is 0.211 e. The molecule has 0 atom stereocenters. The molecule has 0 radical (unpaired) electrons. The van der Waals surface area contributed by atoms with Crippen LogP contribution in [0.2, 0.25) is 0 Å². The third kappa shape index (κ3) is 2.91. The minimum absolute atomic E-state index is 0.163. The summed E-state index contributed by atoms with van der Waals surface area (Å²) >= 11 is 0. The Morgan fingerprint density at radius 1 is 1.30 bits per heavy atom. The van der Waals surface area contributed by atoms with Crippen LogP contribution in [0.3, 0.4) is 0 Å². The van der Waals surface area contributed by atoms with E-state index in [2.05, 4.69) is 11.2 Å². The topological polar surface area (TPSA) is 55.2 Å². The van der Waals surface area contributed by atoms with Gasteiger partial charge in [0.05, 0.1) is 18.5 Å². The van der Waals surface area contributed by atoms with Crippen LogP contribution in [0.15, 0.2) is 6.07 Å². The van der Waals surface area contributed by atoms with Crippen LogP contribution in [0.1, 0.15) is 55.8 Å². The van der Waals surface area contributed by atoms with E-state index in [-0.39, 0.29) is 6.04 Å². The summed E-state index contributed by atoms with van der Waals surface area (Å²) < 4.78 is 27.7. The molecular weight excluding hydrogens is 274 g/mol. The Bertz CT molecular complexity index is 584. The lowest BCUT2D eigenvalue weighted by Gasteiger charge is -2.25. The molecule has 0 bridgehead atoms. The van der Waals surface area contributed by atoms with Crippen LogP contribution in [-0.4, -0.2) is 34.8 Å². The minimum Gasteiger partial charge on any atom is -0.272 e. The van der Waals surface area contributed by atoms with Gasteiger partial charge in [-0.25, -0.2) is 8.42 Å². The van der Waals surface area contributed by atoms with E-state index >= 15 is 0 Å². The minimum atomic E-state index is -3.17. The Morgan fingerprint density at radius 2 is 1.95 bits per heavy atom. The highest BCUT2D eigenvalue weighted by Crippen LogP contribution is 2.40.